The molecule has 1 fully saturated rings. The Kier molecular flexibility index (Phi) is 7.19. The molecule has 1 saturated carbocycles. The third-order valence-electron chi connectivity index (χ3n) is 5.25. The van der Waals surface area contributed by atoms with E-state index in [2.05, 4.69) is 39.5 Å². The molecule has 0 aromatic heterocycles. The number of carboxylic acids is 1. The average Bonchev–Trinajstić information content (AvgIpc) is 2.42. The SMILES string of the molecule is CCC(CC)N(CC(C)C)CC1(C(=O)O)CCC(C)CC1. The molecule has 0 unspecified atom stereocenters. The highest BCUT2D eigenvalue weighted by molar-refractivity contribution is 5.75. The largest absolute Gasteiger partial charge is 0.481 e. The van der Waals surface area contributed by atoms with Gasteiger partial charge in [0.1, 0.15) is 0 Å². The van der Waals surface area contributed by atoms with E-state index in [0.29, 0.717) is 17.9 Å². The summed E-state index contributed by atoms with van der Waals surface area (Å²) >= 11 is 0. The summed E-state index contributed by atoms with van der Waals surface area (Å²) in [5.41, 5.74) is -0.510. The van der Waals surface area contributed by atoms with Gasteiger partial charge in [-0.1, -0.05) is 34.6 Å². The number of carbonyl (C=O) groups is 1. The van der Waals surface area contributed by atoms with Gasteiger partial charge in [0, 0.05) is 19.1 Å². The Morgan fingerprint density at radius 1 is 1.24 bits per heavy atom. The second-order valence-electron chi connectivity index (χ2n) is 7.56. The molecule has 0 atom stereocenters. The Morgan fingerprint density at radius 3 is 2.14 bits per heavy atom. The van der Waals surface area contributed by atoms with Gasteiger partial charge in [-0.05, 0) is 50.4 Å². The minimum Gasteiger partial charge on any atom is -0.481 e. The van der Waals surface area contributed by atoms with Gasteiger partial charge >= 0.3 is 5.97 Å². The number of rotatable bonds is 8. The molecule has 0 saturated heterocycles. The number of carboxylic acid groups (broad SMARTS) is 1. The quantitative estimate of drug-likeness (QED) is 0.721. The Morgan fingerprint density at radius 2 is 1.76 bits per heavy atom. The van der Waals surface area contributed by atoms with E-state index in [9.17, 15) is 9.90 Å². The topological polar surface area (TPSA) is 40.5 Å². The van der Waals surface area contributed by atoms with Crippen LogP contribution in [0.2, 0.25) is 0 Å². The van der Waals surface area contributed by atoms with Crippen LogP contribution in [-0.2, 0) is 4.79 Å². The van der Waals surface area contributed by atoms with E-state index in [1.165, 1.54) is 0 Å². The summed E-state index contributed by atoms with van der Waals surface area (Å²) in [4.78, 5) is 14.4. The van der Waals surface area contributed by atoms with Gasteiger partial charge in [-0.25, -0.2) is 0 Å². The highest BCUT2D eigenvalue weighted by Gasteiger charge is 2.43. The van der Waals surface area contributed by atoms with Crippen LogP contribution in [0.25, 0.3) is 0 Å². The second kappa shape index (κ2) is 8.17. The van der Waals surface area contributed by atoms with Crippen LogP contribution in [0.3, 0.4) is 0 Å². The maximum absolute atomic E-state index is 12.0. The fraction of sp³-hybridized carbons (Fsp3) is 0.944. The lowest BCUT2D eigenvalue weighted by atomic mass is 9.70. The van der Waals surface area contributed by atoms with Gasteiger partial charge < -0.3 is 5.11 Å². The Bertz CT molecular complexity index is 315. The van der Waals surface area contributed by atoms with Crippen LogP contribution < -0.4 is 0 Å². The minimum absolute atomic E-state index is 0.510. The van der Waals surface area contributed by atoms with Crippen molar-refractivity contribution in [2.45, 2.75) is 79.2 Å². The van der Waals surface area contributed by atoms with Gasteiger partial charge in [-0.15, -0.1) is 0 Å². The van der Waals surface area contributed by atoms with E-state index >= 15 is 0 Å². The fourth-order valence-electron chi connectivity index (χ4n) is 3.76. The van der Waals surface area contributed by atoms with Crippen molar-refractivity contribution in [1.82, 2.24) is 4.90 Å². The lowest BCUT2D eigenvalue weighted by Crippen LogP contribution is -2.49. The molecule has 1 aliphatic carbocycles. The molecule has 1 aliphatic rings. The van der Waals surface area contributed by atoms with Crippen molar-refractivity contribution in [3.05, 3.63) is 0 Å². The second-order valence-corrected chi connectivity index (χ2v) is 7.56. The molecule has 0 aromatic carbocycles. The first-order chi connectivity index (χ1) is 9.84. The number of hydrogen-bond donors (Lipinski definition) is 1. The molecule has 124 valence electrons. The van der Waals surface area contributed by atoms with Gasteiger partial charge in [-0.2, -0.15) is 0 Å². The van der Waals surface area contributed by atoms with Crippen LogP contribution in [0.1, 0.15) is 73.1 Å². The van der Waals surface area contributed by atoms with Crippen LogP contribution in [0.15, 0.2) is 0 Å². The summed E-state index contributed by atoms with van der Waals surface area (Å²) in [6.07, 6.45) is 6.02. The molecule has 0 heterocycles. The average molecular weight is 297 g/mol. The van der Waals surface area contributed by atoms with Gasteiger partial charge in [-0.3, -0.25) is 9.69 Å². The van der Waals surface area contributed by atoms with E-state index in [4.69, 9.17) is 0 Å². The zero-order chi connectivity index (χ0) is 16.0. The molecule has 3 nitrogen and oxygen atoms in total. The number of hydrogen-bond acceptors (Lipinski definition) is 2. The van der Waals surface area contributed by atoms with Crippen LogP contribution in [-0.4, -0.2) is 35.1 Å². The van der Waals surface area contributed by atoms with Crippen LogP contribution in [0.4, 0.5) is 0 Å². The zero-order valence-corrected chi connectivity index (χ0v) is 14.7. The Hall–Kier alpha value is -0.570. The minimum atomic E-state index is -0.575. The summed E-state index contributed by atoms with van der Waals surface area (Å²) in [6.45, 7) is 12.9. The van der Waals surface area contributed by atoms with Crippen molar-refractivity contribution >= 4 is 5.97 Å². The van der Waals surface area contributed by atoms with Crippen molar-refractivity contribution in [2.24, 2.45) is 17.3 Å². The van der Waals surface area contributed by atoms with Gasteiger partial charge in [0.05, 0.1) is 5.41 Å². The number of aliphatic carboxylic acids is 1. The zero-order valence-electron chi connectivity index (χ0n) is 14.7. The highest BCUT2D eigenvalue weighted by atomic mass is 16.4. The van der Waals surface area contributed by atoms with E-state index in [0.717, 1.165) is 51.6 Å². The molecule has 0 aromatic rings. The normalized spacial score (nSPS) is 26.8. The smallest absolute Gasteiger partial charge is 0.310 e. The molecular weight excluding hydrogens is 262 g/mol. The first-order valence-electron chi connectivity index (χ1n) is 8.82. The molecule has 1 rings (SSSR count). The van der Waals surface area contributed by atoms with Crippen molar-refractivity contribution in [1.29, 1.82) is 0 Å². The van der Waals surface area contributed by atoms with Crippen molar-refractivity contribution < 1.29 is 9.90 Å². The van der Waals surface area contributed by atoms with Crippen molar-refractivity contribution in [3.8, 4) is 0 Å². The van der Waals surface area contributed by atoms with E-state index in [-0.39, 0.29) is 0 Å². The standard InChI is InChI=1S/C18H35NO2/c1-6-16(7-2)19(12-14(3)4)13-18(17(20)21)10-8-15(5)9-11-18/h14-16H,6-13H2,1-5H3,(H,20,21). The third-order valence-corrected chi connectivity index (χ3v) is 5.25. The lowest BCUT2D eigenvalue weighted by molar-refractivity contribution is -0.153. The van der Waals surface area contributed by atoms with Crippen LogP contribution in [0.5, 0.6) is 0 Å². The van der Waals surface area contributed by atoms with Gasteiger partial charge in [0.15, 0.2) is 0 Å². The molecule has 3 heteroatoms. The van der Waals surface area contributed by atoms with Gasteiger partial charge in [0.25, 0.3) is 0 Å². The fourth-order valence-corrected chi connectivity index (χ4v) is 3.76. The van der Waals surface area contributed by atoms with Crippen molar-refractivity contribution in [2.75, 3.05) is 13.1 Å². The first kappa shape index (κ1) is 18.5. The predicted molar refractivity (Wildman–Crippen MR) is 88.5 cm³/mol. The molecule has 0 bridgehead atoms. The maximum atomic E-state index is 12.0. The van der Waals surface area contributed by atoms with E-state index < -0.39 is 11.4 Å². The highest BCUT2D eigenvalue weighted by Crippen LogP contribution is 2.40. The molecular formula is C18H35NO2. The summed E-state index contributed by atoms with van der Waals surface area (Å²) in [5.74, 6) is 0.692. The lowest BCUT2D eigenvalue weighted by Gasteiger charge is -2.42. The summed E-state index contributed by atoms with van der Waals surface area (Å²) in [5, 5.41) is 9.86. The Labute approximate surface area is 131 Å². The monoisotopic (exact) mass is 297 g/mol. The van der Waals surface area contributed by atoms with Crippen molar-refractivity contribution in [3.63, 3.8) is 0 Å². The molecule has 0 amide bonds. The molecule has 0 aliphatic heterocycles. The van der Waals surface area contributed by atoms with Crippen LogP contribution >= 0.6 is 0 Å². The summed E-state index contributed by atoms with van der Waals surface area (Å²) in [7, 11) is 0. The molecule has 1 N–H and O–H groups in total. The molecule has 0 radical (unpaired) electrons. The summed E-state index contributed by atoms with van der Waals surface area (Å²) < 4.78 is 0. The maximum Gasteiger partial charge on any atom is 0.310 e. The summed E-state index contributed by atoms with van der Waals surface area (Å²) in [6, 6.07) is 0.517. The third kappa shape index (κ3) is 4.98. The number of nitrogens with zero attached hydrogens (tertiary/aromatic N) is 1. The van der Waals surface area contributed by atoms with E-state index in [1.54, 1.807) is 0 Å². The van der Waals surface area contributed by atoms with E-state index in [1.807, 2.05) is 0 Å². The Balaban J connectivity index is 2.88. The van der Waals surface area contributed by atoms with Crippen LogP contribution in [0, 0.1) is 17.3 Å². The predicted octanol–water partition coefficient (Wildman–Crippen LogP) is 4.41. The molecule has 21 heavy (non-hydrogen) atoms. The molecule has 0 spiro atoms. The first-order valence-corrected chi connectivity index (χ1v) is 8.82. The van der Waals surface area contributed by atoms with Gasteiger partial charge in [0.2, 0.25) is 0 Å².